The topological polar surface area (TPSA) is 96.3 Å². The van der Waals surface area contributed by atoms with Crippen molar-refractivity contribution in [3.63, 3.8) is 0 Å². The second-order valence-corrected chi connectivity index (χ2v) is 5.09. The average molecular weight is 288 g/mol. The standard InChI is InChI=1S/C15H20N4O2/c1-8(2)10-6-11(20-4)9(3)5-12(10)21-13-7-18-15(17)19-14(13)16/h5-8H,1-4H3,(H4,16,17,18,19). The number of anilines is 2. The molecule has 0 fully saturated rings. The molecule has 21 heavy (non-hydrogen) atoms. The fourth-order valence-electron chi connectivity index (χ4n) is 2.03. The number of nitrogen functional groups attached to an aromatic ring is 2. The summed E-state index contributed by atoms with van der Waals surface area (Å²) in [7, 11) is 1.65. The highest BCUT2D eigenvalue weighted by Gasteiger charge is 2.14. The minimum absolute atomic E-state index is 0.120. The first kappa shape index (κ1) is 14.9. The maximum absolute atomic E-state index is 5.88. The fourth-order valence-corrected chi connectivity index (χ4v) is 2.03. The Labute approximate surface area is 124 Å². The SMILES string of the molecule is COc1cc(C(C)C)c(Oc2cnc(N)nc2N)cc1C. The van der Waals surface area contributed by atoms with Crippen molar-refractivity contribution in [3.05, 3.63) is 29.5 Å². The summed E-state index contributed by atoms with van der Waals surface area (Å²) < 4.78 is 11.2. The maximum Gasteiger partial charge on any atom is 0.222 e. The second-order valence-electron chi connectivity index (χ2n) is 5.09. The zero-order chi connectivity index (χ0) is 15.6. The predicted octanol–water partition coefficient (Wildman–Crippen LogP) is 2.87. The van der Waals surface area contributed by atoms with E-state index in [-0.39, 0.29) is 17.7 Å². The Morgan fingerprint density at radius 2 is 1.81 bits per heavy atom. The Bertz CT molecular complexity index is 656. The van der Waals surface area contributed by atoms with Crippen LogP contribution >= 0.6 is 0 Å². The van der Waals surface area contributed by atoms with Crippen LogP contribution in [0.25, 0.3) is 0 Å². The molecule has 2 rings (SSSR count). The first-order chi connectivity index (χ1) is 9.92. The van der Waals surface area contributed by atoms with Gasteiger partial charge in [-0.1, -0.05) is 13.8 Å². The first-order valence-corrected chi connectivity index (χ1v) is 6.66. The van der Waals surface area contributed by atoms with Crippen LogP contribution in [-0.2, 0) is 0 Å². The lowest BCUT2D eigenvalue weighted by Gasteiger charge is -2.17. The highest BCUT2D eigenvalue weighted by molar-refractivity contribution is 5.53. The zero-order valence-corrected chi connectivity index (χ0v) is 12.7. The number of hydrogen-bond acceptors (Lipinski definition) is 6. The van der Waals surface area contributed by atoms with Gasteiger partial charge in [-0.25, -0.2) is 4.98 Å². The number of methoxy groups -OCH3 is 1. The molecule has 1 aromatic heterocycles. The number of aryl methyl sites for hydroxylation is 1. The van der Waals surface area contributed by atoms with Crippen molar-refractivity contribution < 1.29 is 9.47 Å². The van der Waals surface area contributed by atoms with Gasteiger partial charge in [-0.3, -0.25) is 0 Å². The molecule has 0 saturated carbocycles. The molecule has 0 bridgehead atoms. The van der Waals surface area contributed by atoms with Gasteiger partial charge in [-0.15, -0.1) is 0 Å². The zero-order valence-electron chi connectivity index (χ0n) is 12.7. The van der Waals surface area contributed by atoms with Crippen LogP contribution in [0.15, 0.2) is 18.3 Å². The van der Waals surface area contributed by atoms with E-state index in [1.165, 1.54) is 6.20 Å². The van der Waals surface area contributed by atoms with Crippen molar-refractivity contribution in [2.24, 2.45) is 0 Å². The largest absolute Gasteiger partial charge is 0.496 e. The highest BCUT2D eigenvalue weighted by atomic mass is 16.5. The summed E-state index contributed by atoms with van der Waals surface area (Å²) in [5.41, 5.74) is 13.3. The molecule has 0 amide bonds. The van der Waals surface area contributed by atoms with Crippen LogP contribution in [0.4, 0.5) is 11.8 Å². The Kier molecular flexibility index (Phi) is 4.16. The van der Waals surface area contributed by atoms with Gasteiger partial charge in [-0.05, 0) is 30.5 Å². The molecule has 0 radical (unpaired) electrons. The molecule has 0 saturated heterocycles. The van der Waals surface area contributed by atoms with Gasteiger partial charge in [0.25, 0.3) is 0 Å². The number of benzene rings is 1. The van der Waals surface area contributed by atoms with Gasteiger partial charge in [0, 0.05) is 5.56 Å². The summed E-state index contributed by atoms with van der Waals surface area (Å²) in [6.07, 6.45) is 1.47. The van der Waals surface area contributed by atoms with Crippen LogP contribution in [0.5, 0.6) is 17.2 Å². The van der Waals surface area contributed by atoms with Gasteiger partial charge in [-0.2, -0.15) is 4.98 Å². The van der Waals surface area contributed by atoms with Gasteiger partial charge in [0.15, 0.2) is 11.6 Å². The second kappa shape index (κ2) is 5.87. The molecule has 0 atom stereocenters. The Hall–Kier alpha value is -2.50. The van der Waals surface area contributed by atoms with E-state index < -0.39 is 0 Å². The number of nitrogens with zero attached hydrogens (tertiary/aromatic N) is 2. The first-order valence-electron chi connectivity index (χ1n) is 6.66. The van der Waals surface area contributed by atoms with Crippen LogP contribution in [0.2, 0.25) is 0 Å². The smallest absolute Gasteiger partial charge is 0.222 e. The predicted molar refractivity (Wildman–Crippen MR) is 82.8 cm³/mol. The van der Waals surface area contributed by atoms with E-state index in [0.717, 1.165) is 16.9 Å². The fraction of sp³-hybridized carbons (Fsp3) is 0.333. The van der Waals surface area contributed by atoms with Crippen LogP contribution < -0.4 is 20.9 Å². The lowest BCUT2D eigenvalue weighted by Crippen LogP contribution is -2.03. The van der Waals surface area contributed by atoms with Crippen LogP contribution in [0.3, 0.4) is 0 Å². The summed E-state index contributed by atoms with van der Waals surface area (Å²) >= 11 is 0. The van der Waals surface area contributed by atoms with Gasteiger partial charge in [0.2, 0.25) is 5.95 Å². The maximum atomic E-state index is 5.88. The van der Waals surface area contributed by atoms with E-state index in [2.05, 4.69) is 23.8 Å². The van der Waals surface area contributed by atoms with Crippen molar-refractivity contribution >= 4 is 11.8 Å². The lowest BCUT2D eigenvalue weighted by molar-refractivity contribution is 0.407. The molecule has 1 heterocycles. The minimum Gasteiger partial charge on any atom is -0.496 e. The summed E-state index contributed by atoms with van der Waals surface area (Å²) in [6, 6.07) is 3.90. The molecule has 0 aliphatic heterocycles. The molecule has 1 aromatic carbocycles. The van der Waals surface area contributed by atoms with Gasteiger partial charge >= 0.3 is 0 Å². The molecule has 0 aliphatic carbocycles. The lowest BCUT2D eigenvalue weighted by atomic mass is 10.00. The molecule has 2 aromatic rings. The summed E-state index contributed by atoms with van der Waals surface area (Å²) in [5, 5.41) is 0. The highest BCUT2D eigenvalue weighted by Crippen LogP contribution is 2.36. The Balaban J connectivity index is 2.45. The number of nitrogens with two attached hydrogens (primary N) is 2. The molecular formula is C15H20N4O2. The van der Waals surface area contributed by atoms with Crippen LogP contribution in [0.1, 0.15) is 30.9 Å². The summed E-state index contributed by atoms with van der Waals surface area (Å²) in [4.78, 5) is 7.80. The Morgan fingerprint density at radius 3 is 2.38 bits per heavy atom. The van der Waals surface area contributed by atoms with Crippen molar-refractivity contribution in [1.29, 1.82) is 0 Å². The van der Waals surface area contributed by atoms with E-state index >= 15 is 0 Å². The summed E-state index contributed by atoms with van der Waals surface area (Å²) in [6.45, 7) is 6.12. The summed E-state index contributed by atoms with van der Waals surface area (Å²) in [5.74, 6) is 2.53. The Morgan fingerprint density at radius 1 is 1.10 bits per heavy atom. The third-order valence-corrected chi connectivity index (χ3v) is 3.17. The average Bonchev–Trinajstić information content (AvgIpc) is 2.41. The third-order valence-electron chi connectivity index (χ3n) is 3.17. The number of hydrogen-bond donors (Lipinski definition) is 2. The molecule has 0 aliphatic rings. The van der Waals surface area contributed by atoms with E-state index in [0.29, 0.717) is 11.5 Å². The van der Waals surface area contributed by atoms with Crippen LogP contribution in [0, 0.1) is 6.92 Å². The van der Waals surface area contributed by atoms with Gasteiger partial charge in [0.05, 0.1) is 13.3 Å². The van der Waals surface area contributed by atoms with Crippen molar-refractivity contribution in [2.75, 3.05) is 18.6 Å². The molecule has 0 unspecified atom stereocenters. The molecular weight excluding hydrogens is 268 g/mol. The van der Waals surface area contributed by atoms with E-state index in [1.807, 2.05) is 19.1 Å². The van der Waals surface area contributed by atoms with Crippen LogP contribution in [-0.4, -0.2) is 17.1 Å². The van der Waals surface area contributed by atoms with Crippen molar-refractivity contribution in [2.45, 2.75) is 26.7 Å². The number of aromatic nitrogens is 2. The van der Waals surface area contributed by atoms with E-state index in [9.17, 15) is 0 Å². The molecule has 4 N–H and O–H groups in total. The van der Waals surface area contributed by atoms with Crippen molar-refractivity contribution in [3.8, 4) is 17.2 Å². The number of rotatable bonds is 4. The molecule has 6 heteroatoms. The minimum atomic E-state index is 0.120. The molecule has 6 nitrogen and oxygen atoms in total. The van der Waals surface area contributed by atoms with E-state index in [1.54, 1.807) is 7.11 Å². The third kappa shape index (κ3) is 3.16. The molecule has 112 valence electrons. The van der Waals surface area contributed by atoms with Gasteiger partial charge < -0.3 is 20.9 Å². The number of ether oxygens (including phenoxy) is 2. The monoisotopic (exact) mass is 288 g/mol. The van der Waals surface area contributed by atoms with Crippen molar-refractivity contribution in [1.82, 2.24) is 9.97 Å². The molecule has 0 spiro atoms. The van der Waals surface area contributed by atoms with E-state index in [4.69, 9.17) is 20.9 Å². The quantitative estimate of drug-likeness (QED) is 0.898. The normalized spacial score (nSPS) is 10.7. The van der Waals surface area contributed by atoms with Gasteiger partial charge in [0.1, 0.15) is 11.5 Å².